The molecule has 0 atom stereocenters. The molecule has 1 fully saturated rings. The minimum Gasteiger partial charge on any atom is -0.369 e. The number of hydrogen-bond acceptors (Lipinski definition) is 1. The van der Waals surface area contributed by atoms with E-state index in [9.17, 15) is 0 Å². The van der Waals surface area contributed by atoms with E-state index >= 15 is 0 Å². The van der Waals surface area contributed by atoms with Gasteiger partial charge >= 0.3 is 0 Å². The molecule has 0 aliphatic carbocycles. The molecule has 60 valence electrons. The first kappa shape index (κ1) is 8.06. The van der Waals surface area contributed by atoms with Crippen molar-refractivity contribution >= 4 is 0 Å². The van der Waals surface area contributed by atoms with Crippen molar-refractivity contribution in [3.63, 3.8) is 0 Å². The van der Waals surface area contributed by atoms with Crippen LogP contribution in [0, 0.1) is 5.92 Å². The van der Waals surface area contributed by atoms with Crippen LogP contribution < -0.4 is 0 Å². The Labute approximate surface area is 63.8 Å². The highest BCUT2D eigenvalue weighted by Crippen LogP contribution is 2.48. The normalized spacial score (nSPS) is 29.7. The van der Waals surface area contributed by atoms with E-state index in [0.717, 1.165) is 5.92 Å². The molecule has 0 amide bonds. The molecule has 0 N–H and O–H groups in total. The topological polar surface area (TPSA) is 9.23 Å². The fraction of sp³-hybridized carbons (Fsp3) is 1.00. The maximum Gasteiger partial charge on any atom is 0.0689 e. The molecule has 0 aromatic rings. The van der Waals surface area contributed by atoms with E-state index in [1.165, 1.54) is 6.42 Å². The zero-order valence-electron chi connectivity index (χ0n) is 7.69. The zero-order chi connectivity index (χ0) is 7.99. The molecular formula is C9H18O. The van der Waals surface area contributed by atoms with Crippen LogP contribution in [0.15, 0.2) is 0 Å². The molecule has 1 aliphatic rings. The second-order valence-electron chi connectivity index (χ2n) is 4.27. The molecule has 1 nitrogen and oxygen atoms in total. The standard InChI is InChI=1S/C9H18O/c1-6-7-8(2,3)10-9(7,4)5/h7H,6H2,1-5H3. The first-order chi connectivity index (χ1) is 4.40. The Hall–Kier alpha value is -0.0400. The lowest BCUT2D eigenvalue weighted by Gasteiger charge is -2.57. The van der Waals surface area contributed by atoms with Crippen LogP contribution in [0.4, 0.5) is 0 Å². The van der Waals surface area contributed by atoms with Crippen LogP contribution >= 0.6 is 0 Å². The highest BCUT2D eigenvalue weighted by atomic mass is 16.6. The Balaban J connectivity index is 2.64. The predicted molar refractivity (Wildman–Crippen MR) is 43.0 cm³/mol. The lowest BCUT2D eigenvalue weighted by Crippen LogP contribution is -2.62. The molecule has 0 radical (unpaired) electrons. The van der Waals surface area contributed by atoms with E-state index in [2.05, 4.69) is 34.6 Å². The van der Waals surface area contributed by atoms with Crippen LogP contribution in [-0.4, -0.2) is 11.2 Å². The van der Waals surface area contributed by atoms with Crippen molar-refractivity contribution in [1.29, 1.82) is 0 Å². The summed E-state index contributed by atoms with van der Waals surface area (Å²) in [5, 5.41) is 0. The van der Waals surface area contributed by atoms with Crippen molar-refractivity contribution in [2.75, 3.05) is 0 Å². The summed E-state index contributed by atoms with van der Waals surface area (Å²) in [7, 11) is 0. The van der Waals surface area contributed by atoms with Gasteiger partial charge in [0.2, 0.25) is 0 Å². The summed E-state index contributed by atoms with van der Waals surface area (Å²) in [6, 6.07) is 0. The molecule has 1 heteroatoms. The van der Waals surface area contributed by atoms with Gasteiger partial charge < -0.3 is 4.74 Å². The second-order valence-corrected chi connectivity index (χ2v) is 4.27. The maximum atomic E-state index is 5.72. The van der Waals surface area contributed by atoms with Gasteiger partial charge in [-0.15, -0.1) is 0 Å². The van der Waals surface area contributed by atoms with E-state index in [1.54, 1.807) is 0 Å². The van der Waals surface area contributed by atoms with Gasteiger partial charge in [0, 0.05) is 5.92 Å². The van der Waals surface area contributed by atoms with Gasteiger partial charge in [-0.2, -0.15) is 0 Å². The van der Waals surface area contributed by atoms with E-state index in [1.807, 2.05) is 0 Å². The highest BCUT2D eigenvalue weighted by molar-refractivity contribution is 5.00. The molecule has 0 unspecified atom stereocenters. The van der Waals surface area contributed by atoms with Crippen LogP contribution in [0.3, 0.4) is 0 Å². The van der Waals surface area contributed by atoms with E-state index < -0.39 is 0 Å². The fourth-order valence-electron chi connectivity index (χ4n) is 2.58. The average molecular weight is 142 g/mol. The first-order valence-corrected chi connectivity index (χ1v) is 4.10. The van der Waals surface area contributed by atoms with Crippen LogP contribution in [0.5, 0.6) is 0 Å². The third kappa shape index (κ3) is 0.968. The number of ether oxygens (including phenoxy) is 1. The van der Waals surface area contributed by atoms with Gasteiger partial charge in [-0.3, -0.25) is 0 Å². The monoisotopic (exact) mass is 142 g/mol. The average Bonchev–Trinajstić information content (AvgIpc) is 1.59. The van der Waals surface area contributed by atoms with E-state index in [4.69, 9.17) is 4.74 Å². The van der Waals surface area contributed by atoms with Gasteiger partial charge in [0.15, 0.2) is 0 Å². The third-order valence-corrected chi connectivity index (χ3v) is 2.61. The Bertz CT molecular complexity index is 122. The summed E-state index contributed by atoms with van der Waals surface area (Å²) in [6.07, 6.45) is 1.22. The van der Waals surface area contributed by atoms with Crippen molar-refractivity contribution in [3.8, 4) is 0 Å². The number of hydrogen-bond donors (Lipinski definition) is 0. The van der Waals surface area contributed by atoms with Crippen molar-refractivity contribution in [2.45, 2.75) is 52.2 Å². The summed E-state index contributed by atoms with van der Waals surface area (Å²) in [5.41, 5.74) is 0.247. The Morgan fingerprint density at radius 1 is 1.10 bits per heavy atom. The summed E-state index contributed by atoms with van der Waals surface area (Å²) < 4.78 is 5.72. The Morgan fingerprint density at radius 3 is 1.60 bits per heavy atom. The van der Waals surface area contributed by atoms with Gasteiger partial charge in [0.1, 0.15) is 0 Å². The van der Waals surface area contributed by atoms with Crippen molar-refractivity contribution in [2.24, 2.45) is 5.92 Å². The molecule has 0 aromatic carbocycles. The minimum atomic E-state index is 0.123. The van der Waals surface area contributed by atoms with Gasteiger partial charge in [-0.25, -0.2) is 0 Å². The lowest BCUT2D eigenvalue weighted by atomic mass is 9.70. The van der Waals surface area contributed by atoms with Gasteiger partial charge in [-0.1, -0.05) is 6.92 Å². The molecule has 1 aliphatic heterocycles. The van der Waals surface area contributed by atoms with Gasteiger partial charge in [0.25, 0.3) is 0 Å². The van der Waals surface area contributed by atoms with Crippen molar-refractivity contribution in [1.82, 2.24) is 0 Å². The third-order valence-electron chi connectivity index (χ3n) is 2.61. The molecule has 10 heavy (non-hydrogen) atoms. The molecule has 0 aromatic heterocycles. The lowest BCUT2D eigenvalue weighted by molar-refractivity contribution is -0.294. The quantitative estimate of drug-likeness (QED) is 0.547. The molecule has 1 rings (SSSR count). The minimum absolute atomic E-state index is 0.123. The van der Waals surface area contributed by atoms with Crippen LogP contribution in [0.2, 0.25) is 0 Å². The van der Waals surface area contributed by atoms with Crippen molar-refractivity contribution < 1.29 is 4.74 Å². The molecule has 1 heterocycles. The van der Waals surface area contributed by atoms with Gasteiger partial charge in [0.05, 0.1) is 11.2 Å². The Kier molecular flexibility index (Phi) is 1.59. The zero-order valence-corrected chi connectivity index (χ0v) is 7.69. The maximum absolute atomic E-state index is 5.72. The first-order valence-electron chi connectivity index (χ1n) is 4.10. The predicted octanol–water partition coefficient (Wildman–Crippen LogP) is 2.60. The van der Waals surface area contributed by atoms with Gasteiger partial charge in [-0.05, 0) is 34.1 Å². The Morgan fingerprint density at radius 2 is 1.50 bits per heavy atom. The largest absolute Gasteiger partial charge is 0.369 e. The van der Waals surface area contributed by atoms with Crippen molar-refractivity contribution in [3.05, 3.63) is 0 Å². The molecule has 1 saturated heterocycles. The second kappa shape index (κ2) is 1.97. The van der Waals surface area contributed by atoms with E-state index in [-0.39, 0.29) is 11.2 Å². The fourth-order valence-corrected chi connectivity index (χ4v) is 2.58. The molecule has 0 bridgehead atoms. The molecule has 0 spiro atoms. The molecule has 0 saturated carbocycles. The molecular weight excluding hydrogens is 124 g/mol. The summed E-state index contributed by atoms with van der Waals surface area (Å²) in [4.78, 5) is 0. The summed E-state index contributed by atoms with van der Waals surface area (Å²) in [6.45, 7) is 10.9. The summed E-state index contributed by atoms with van der Waals surface area (Å²) >= 11 is 0. The van der Waals surface area contributed by atoms with Crippen LogP contribution in [0.1, 0.15) is 41.0 Å². The summed E-state index contributed by atoms with van der Waals surface area (Å²) in [5.74, 6) is 0.722. The SMILES string of the molecule is CCC1C(C)(C)OC1(C)C. The number of rotatable bonds is 1. The smallest absolute Gasteiger partial charge is 0.0689 e. The van der Waals surface area contributed by atoms with Crippen LogP contribution in [-0.2, 0) is 4.74 Å². The van der Waals surface area contributed by atoms with Crippen LogP contribution in [0.25, 0.3) is 0 Å². The highest BCUT2D eigenvalue weighted by Gasteiger charge is 2.53. The van der Waals surface area contributed by atoms with E-state index in [0.29, 0.717) is 0 Å².